The van der Waals surface area contributed by atoms with Crippen molar-refractivity contribution in [1.82, 2.24) is 0 Å². The predicted octanol–water partition coefficient (Wildman–Crippen LogP) is 3.16. The molecule has 0 aliphatic heterocycles. The molecule has 1 aromatic rings. The normalized spacial score (nSPS) is 19.5. The summed E-state index contributed by atoms with van der Waals surface area (Å²) in [6, 6.07) is 8.65. The number of rotatable bonds is 2. The van der Waals surface area contributed by atoms with Crippen molar-refractivity contribution >= 4 is 9.84 Å². The van der Waals surface area contributed by atoms with Crippen molar-refractivity contribution in [3.8, 4) is 0 Å². The van der Waals surface area contributed by atoms with Crippen LogP contribution in [0.5, 0.6) is 0 Å². The zero-order chi connectivity index (χ0) is 11.8. The molecule has 0 heterocycles. The number of hydrogen-bond acceptors (Lipinski definition) is 2. The Labute approximate surface area is 96.9 Å². The molecule has 0 unspecified atom stereocenters. The molecule has 1 aromatic carbocycles. The van der Waals surface area contributed by atoms with Crippen LogP contribution in [0.3, 0.4) is 0 Å². The summed E-state index contributed by atoms with van der Waals surface area (Å²) in [5.41, 5.74) is 0.0805. The van der Waals surface area contributed by atoms with Crippen molar-refractivity contribution < 1.29 is 8.42 Å². The summed E-state index contributed by atoms with van der Waals surface area (Å²) in [4.78, 5) is 0.975. The third kappa shape index (κ3) is 2.05. The van der Waals surface area contributed by atoms with E-state index in [9.17, 15) is 8.42 Å². The van der Waals surface area contributed by atoms with Crippen molar-refractivity contribution in [2.45, 2.75) is 31.6 Å². The Kier molecular flexibility index (Phi) is 2.66. The van der Waals surface area contributed by atoms with E-state index in [2.05, 4.69) is 13.8 Å². The molecule has 0 amide bonds. The van der Waals surface area contributed by atoms with E-state index < -0.39 is 9.84 Å². The van der Waals surface area contributed by atoms with Gasteiger partial charge in [-0.25, -0.2) is 8.42 Å². The minimum atomic E-state index is -3.25. The van der Waals surface area contributed by atoms with Gasteiger partial charge < -0.3 is 0 Å². The summed E-state index contributed by atoms with van der Waals surface area (Å²) >= 11 is 0. The van der Waals surface area contributed by atoms with Gasteiger partial charge in [0.15, 0.2) is 0 Å². The van der Waals surface area contributed by atoms with Crippen LogP contribution < -0.4 is 0 Å². The molecule has 0 saturated carbocycles. The van der Waals surface area contributed by atoms with Gasteiger partial charge >= 0.3 is 0 Å². The maximum absolute atomic E-state index is 12.3. The van der Waals surface area contributed by atoms with Gasteiger partial charge in [0.1, 0.15) is 0 Å². The Morgan fingerprint density at radius 3 is 2.25 bits per heavy atom. The lowest BCUT2D eigenvalue weighted by molar-refractivity contribution is 0.396. The largest absolute Gasteiger partial charge is 0.219 e. The first-order valence-electron chi connectivity index (χ1n) is 5.41. The minimum absolute atomic E-state index is 0.0805. The van der Waals surface area contributed by atoms with E-state index in [-0.39, 0.29) is 5.41 Å². The highest BCUT2D eigenvalue weighted by molar-refractivity contribution is 7.95. The number of sulfone groups is 1. The summed E-state index contributed by atoms with van der Waals surface area (Å²) < 4.78 is 24.5. The Hall–Kier alpha value is -1.09. The first-order valence-corrected chi connectivity index (χ1v) is 6.89. The zero-order valence-corrected chi connectivity index (χ0v) is 10.4. The van der Waals surface area contributed by atoms with Crippen molar-refractivity contribution in [2.75, 3.05) is 0 Å². The van der Waals surface area contributed by atoms with Gasteiger partial charge in [0.25, 0.3) is 0 Å². The topological polar surface area (TPSA) is 34.1 Å². The summed E-state index contributed by atoms with van der Waals surface area (Å²) in [5.74, 6) is 0. The number of allylic oxidation sites excluding steroid dienone is 2. The first-order chi connectivity index (χ1) is 7.42. The fourth-order valence-electron chi connectivity index (χ4n) is 1.96. The minimum Gasteiger partial charge on any atom is -0.219 e. The maximum Gasteiger partial charge on any atom is 0.202 e. The lowest BCUT2D eigenvalue weighted by atomic mass is 9.91. The van der Waals surface area contributed by atoms with E-state index in [1.165, 1.54) is 0 Å². The van der Waals surface area contributed by atoms with Crippen molar-refractivity contribution in [1.29, 1.82) is 0 Å². The molecule has 0 radical (unpaired) electrons. The molecule has 0 saturated heterocycles. The molecule has 1 aliphatic rings. The molecule has 2 nitrogen and oxygen atoms in total. The highest BCUT2D eigenvalue weighted by Gasteiger charge is 2.32. The molecule has 1 aliphatic carbocycles. The molecular weight excluding hydrogens is 220 g/mol. The zero-order valence-electron chi connectivity index (χ0n) is 9.60. The first kappa shape index (κ1) is 11.4. The fourth-order valence-corrected chi connectivity index (χ4v) is 3.66. The second-order valence-electron chi connectivity index (χ2n) is 5.03. The molecule has 0 aromatic heterocycles. The van der Waals surface area contributed by atoms with Crippen LogP contribution in [-0.4, -0.2) is 8.42 Å². The highest BCUT2D eigenvalue weighted by atomic mass is 32.2. The Morgan fingerprint density at radius 1 is 1.12 bits per heavy atom. The summed E-state index contributed by atoms with van der Waals surface area (Å²) in [7, 11) is -3.25. The average Bonchev–Trinajstić information content (AvgIpc) is 2.61. The van der Waals surface area contributed by atoms with Crippen molar-refractivity contribution in [3.05, 3.63) is 41.3 Å². The SMILES string of the molecule is CC1(C)CC=C(S(=O)(=O)c2ccccc2)C1. The van der Waals surface area contributed by atoms with Crippen LogP contribution in [0.4, 0.5) is 0 Å². The van der Waals surface area contributed by atoms with Gasteiger partial charge in [-0.3, -0.25) is 0 Å². The van der Waals surface area contributed by atoms with E-state index in [0.29, 0.717) is 16.2 Å². The van der Waals surface area contributed by atoms with Crippen LogP contribution in [0.15, 0.2) is 46.2 Å². The monoisotopic (exact) mass is 236 g/mol. The molecule has 2 rings (SSSR count). The van der Waals surface area contributed by atoms with Gasteiger partial charge in [-0.15, -0.1) is 0 Å². The Morgan fingerprint density at radius 2 is 1.75 bits per heavy atom. The molecule has 0 spiro atoms. The second kappa shape index (κ2) is 3.74. The van der Waals surface area contributed by atoms with Gasteiger partial charge in [-0.2, -0.15) is 0 Å². The van der Waals surface area contributed by atoms with E-state index in [1.807, 2.05) is 12.1 Å². The van der Waals surface area contributed by atoms with Crippen LogP contribution in [0.25, 0.3) is 0 Å². The molecule has 0 bridgehead atoms. The van der Waals surface area contributed by atoms with Gasteiger partial charge in [0.2, 0.25) is 9.84 Å². The quantitative estimate of drug-likeness (QED) is 0.790. The molecule has 0 N–H and O–H groups in total. The van der Waals surface area contributed by atoms with Crippen LogP contribution in [0.1, 0.15) is 26.7 Å². The molecule has 3 heteroatoms. The van der Waals surface area contributed by atoms with E-state index >= 15 is 0 Å². The molecule has 0 atom stereocenters. The van der Waals surface area contributed by atoms with E-state index in [1.54, 1.807) is 24.3 Å². The predicted molar refractivity (Wildman–Crippen MR) is 64.7 cm³/mol. The van der Waals surface area contributed by atoms with Gasteiger partial charge in [-0.1, -0.05) is 38.1 Å². The van der Waals surface area contributed by atoms with Crippen LogP contribution in [0, 0.1) is 5.41 Å². The highest BCUT2D eigenvalue weighted by Crippen LogP contribution is 2.40. The number of benzene rings is 1. The van der Waals surface area contributed by atoms with Crippen molar-refractivity contribution in [3.63, 3.8) is 0 Å². The lowest BCUT2D eigenvalue weighted by Crippen LogP contribution is -2.09. The fraction of sp³-hybridized carbons (Fsp3) is 0.385. The smallest absolute Gasteiger partial charge is 0.202 e. The van der Waals surface area contributed by atoms with Crippen LogP contribution in [0.2, 0.25) is 0 Å². The summed E-state index contributed by atoms with van der Waals surface area (Å²) in [5, 5.41) is 0. The summed E-state index contributed by atoms with van der Waals surface area (Å²) in [6.45, 7) is 4.19. The van der Waals surface area contributed by atoms with Gasteiger partial charge in [0, 0.05) is 4.91 Å². The second-order valence-corrected chi connectivity index (χ2v) is 7.03. The van der Waals surface area contributed by atoms with Crippen LogP contribution >= 0.6 is 0 Å². The molecule has 0 fully saturated rings. The molecular formula is C13H16O2S. The van der Waals surface area contributed by atoms with E-state index in [0.717, 1.165) is 6.42 Å². The standard InChI is InChI=1S/C13H16O2S/c1-13(2)9-8-12(10-13)16(14,15)11-6-4-3-5-7-11/h3-8H,9-10H2,1-2H3. The van der Waals surface area contributed by atoms with Crippen molar-refractivity contribution in [2.24, 2.45) is 5.41 Å². The maximum atomic E-state index is 12.3. The Balaban J connectivity index is 2.36. The van der Waals surface area contributed by atoms with Gasteiger partial charge in [0.05, 0.1) is 4.90 Å². The van der Waals surface area contributed by atoms with E-state index in [4.69, 9.17) is 0 Å². The molecule has 16 heavy (non-hydrogen) atoms. The third-order valence-corrected chi connectivity index (χ3v) is 4.83. The third-order valence-electron chi connectivity index (χ3n) is 2.93. The average molecular weight is 236 g/mol. The van der Waals surface area contributed by atoms with Gasteiger partial charge in [-0.05, 0) is 30.4 Å². The lowest BCUT2D eigenvalue weighted by Gasteiger charge is -2.16. The molecule has 86 valence electrons. The Bertz CT molecular complexity index is 510. The van der Waals surface area contributed by atoms with Crippen LogP contribution in [-0.2, 0) is 9.84 Å². The number of hydrogen-bond donors (Lipinski definition) is 0. The summed E-state index contributed by atoms with van der Waals surface area (Å²) in [6.07, 6.45) is 3.35.